The van der Waals surface area contributed by atoms with Crippen LogP contribution in [0.3, 0.4) is 0 Å². The summed E-state index contributed by atoms with van der Waals surface area (Å²) >= 11 is 6.87. The van der Waals surface area contributed by atoms with Crippen LogP contribution in [-0.2, 0) is 0 Å². The van der Waals surface area contributed by atoms with Crippen molar-refractivity contribution in [2.24, 2.45) is 0 Å². The van der Waals surface area contributed by atoms with Crippen LogP contribution in [0.1, 0.15) is 26.7 Å². The van der Waals surface area contributed by atoms with Crippen molar-refractivity contribution in [1.82, 2.24) is 0 Å². The summed E-state index contributed by atoms with van der Waals surface area (Å²) < 4.78 is 2.56. The van der Waals surface area contributed by atoms with Gasteiger partial charge in [-0.3, -0.25) is 0 Å². The van der Waals surface area contributed by atoms with E-state index in [1.807, 2.05) is 0 Å². The van der Waals surface area contributed by atoms with Crippen molar-refractivity contribution < 1.29 is 0 Å². The first kappa shape index (κ1) is 8.70. The van der Waals surface area contributed by atoms with Crippen LogP contribution in [0.2, 0.25) is 0 Å². The van der Waals surface area contributed by atoms with E-state index in [1.54, 1.807) is 0 Å². The summed E-state index contributed by atoms with van der Waals surface area (Å²) in [6.07, 6.45) is 2.16. The van der Waals surface area contributed by atoms with Gasteiger partial charge in [-0.1, -0.05) is 45.7 Å². The standard InChI is InChI=1S/C6H10Br2/c1-3-5(7)6(8)4-2/h3-4H2,1-2H3. The van der Waals surface area contributed by atoms with Crippen LogP contribution in [0.15, 0.2) is 8.96 Å². The summed E-state index contributed by atoms with van der Waals surface area (Å²) in [6, 6.07) is 0. The van der Waals surface area contributed by atoms with Gasteiger partial charge in [-0.15, -0.1) is 0 Å². The Labute approximate surface area is 67.6 Å². The van der Waals surface area contributed by atoms with E-state index in [4.69, 9.17) is 0 Å². The van der Waals surface area contributed by atoms with Crippen molar-refractivity contribution in [2.75, 3.05) is 0 Å². The van der Waals surface area contributed by atoms with E-state index in [0.717, 1.165) is 12.8 Å². The Balaban J connectivity index is 3.83. The molecule has 0 aromatic carbocycles. The smallest absolute Gasteiger partial charge is 0.00489 e. The van der Waals surface area contributed by atoms with Gasteiger partial charge in [0.05, 0.1) is 0 Å². The molecule has 0 saturated heterocycles. The monoisotopic (exact) mass is 240 g/mol. The summed E-state index contributed by atoms with van der Waals surface area (Å²) in [7, 11) is 0. The molecule has 8 heavy (non-hydrogen) atoms. The molecular weight excluding hydrogens is 232 g/mol. The lowest BCUT2D eigenvalue weighted by atomic mass is 10.3. The Morgan fingerprint density at radius 3 is 1.38 bits per heavy atom. The minimum Gasteiger partial charge on any atom is -0.0608 e. The zero-order valence-electron chi connectivity index (χ0n) is 5.17. The van der Waals surface area contributed by atoms with Gasteiger partial charge in [0.2, 0.25) is 0 Å². The Hall–Kier alpha value is 0.700. The highest BCUT2D eigenvalue weighted by Crippen LogP contribution is 2.22. The van der Waals surface area contributed by atoms with Crippen molar-refractivity contribution in [3.05, 3.63) is 8.96 Å². The van der Waals surface area contributed by atoms with E-state index in [9.17, 15) is 0 Å². The maximum absolute atomic E-state index is 3.44. The summed E-state index contributed by atoms with van der Waals surface area (Å²) in [5.41, 5.74) is 0. The average molecular weight is 242 g/mol. The molecule has 0 N–H and O–H groups in total. The van der Waals surface area contributed by atoms with E-state index in [0.29, 0.717) is 0 Å². The van der Waals surface area contributed by atoms with E-state index >= 15 is 0 Å². The quantitative estimate of drug-likeness (QED) is 0.690. The largest absolute Gasteiger partial charge is 0.0608 e. The fourth-order valence-electron chi connectivity index (χ4n) is 0.384. The second kappa shape index (κ2) is 4.57. The second-order valence-corrected chi connectivity index (χ2v) is 3.43. The number of rotatable bonds is 2. The third-order valence-corrected chi connectivity index (χ3v) is 3.53. The van der Waals surface area contributed by atoms with Crippen molar-refractivity contribution in [3.63, 3.8) is 0 Å². The minimum absolute atomic E-state index is 1.08. The zero-order valence-corrected chi connectivity index (χ0v) is 8.34. The second-order valence-electron chi connectivity index (χ2n) is 1.52. The number of halogens is 2. The fourth-order valence-corrected chi connectivity index (χ4v) is 0.944. The van der Waals surface area contributed by atoms with Crippen molar-refractivity contribution >= 4 is 31.9 Å². The molecule has 0 aliphatic rings. The fraction of sp³-hybridized carbons (Fsp3) is 0.667. The topological polar surface area (TPSA) is 0 Å². The van der Waals surface area contributed by atoms with Crippen LogP contribution < -0.4 is 0 Å². The lowest BCUT2D eigenvalue weighted by Gasteiger charge is -1.95. The van der Waals surface area contributed by atoms with E-state index in [2.05, 4.69) is 45.7 Å². The molecule has 0 fully saturated rings. The van der Waals surface area contributed by atoms with Crippen LogP contribution in [-0.4, -0.2) is 0 Å². The normalized spacial score (nSPS) is 13.5. The van der Waals surface area contributed by atoms with Gasteiger partial charge in [0.1, 0.15) is 0 Å². The molecule has 0 bridgehead atoms. The summed E-state index contributed by atoms with van der Waals surface area (Å²) in [6.45, 7) is 4.25. The van der Waals surface area contributed by atoms with Gasteiger partial charge in [0.25, 0.3) is 0 Å². The highest BCUT2D eigenvalue weighted by Gasteiger charge is 1.92. The number of hydrogen-bond donors (Lipinski definition) is 0. The molecule has 0 aromatic heterocycles. The Morgan fingerprint density at radius 1 is 1.00 bits per heavy atom. The first-order valence-corrected chi connectivity index (χ1v) is 4.34. The van der Waals surface area contributed by atoms with Gasteiger partial charge in [-0.2, -0.15) is 0 Å². The minimum atomic E-state index is 1.08. The SMILES string of the molecule is CCC(Br)=C(Br)CC. The number of hydrogen-bond acceptors (Lipinski definition) is 0. The molecule has 0 atom stereocenters. The third kappa shape index (κ3) is 2.88. The first-order chi connectivity index (χ1) is 3.72. The first-order valence-electron chi connectivity index (χ1n) is 2.75. The van der Waals surface area contributed by atoms with Crippen molar-refractivity contribution in [2.45, 2.75) is 26.7 Å². The predicted molar refractivity (Wildman–Crippen MR) is 45.5 cm³/mol. The van der Waals surface area contributed by atoms with Crippen molar-refractivity contribution in [3.8, 4) is 0 Å². The van der Waals surface area contributed by atoms with Gasteiger partial charge in [0, 0.05) is 8.96 Å². The molecule has 0 unspecified atom stereocenters. The summed E-state index contributed by atoms with van der Waals surface area (Å²) in [5.74, 6) is 0. The molecule has 0 saturated carbocycles. The Morgan fingerprint density at radius 2 is 1.25 bits per heavy atom. The van der Waals surface area contributed by atoms with E-state index in [-0.39, 0.29) is 0 Å². The van der Waals surface area contributed by atoms with Crippen LogP contribution in [0, 0.1) is 0 Å². The summed E-state index contributed by atoms with van der Waals surface area (Å²) in [5, 5.41) is 0. The Bertz CT molecular complexity index is 82.7. The lowest BCUT2D eigenvalue weighted by molar-refractivity contribution is 1.13. The molecule has 0 aliphatic carbocycles. The van der Waals surface area contributed by atoms with Crippen LogP contribution >= 0.6 is 31.9 Å². The molecular formula is C6H10Br2. The van der Waals surface area contributed by atoms with Gasteiger partial charge in [-0.05, 0) is 12.8 Å². The highest BCUT2D eigenvalue weighted by atomic mass is 79.9. The number of allylic oxidation sites excluding steroid dienone is 2. The molecule has 48 valence electrons. The van der Waals surface area contributed by atoms with Gasteiger partial charge < -0.3 is 0 Å². The average Bonchev–Trinajstić information content (AvgIpc) is 1.84. The van der Waals surface area contributed by atoms with Gasteiger partial charge >= 0.3 is 0 Å². The van der Waals surface area contributed by atoms with Crippen LogP contribution in [0.25, 0.3) is 0 Å². The molecule has 0 amide bonds. The Kier molecular flexibility index (Phi) is 4.97. The highest BCUT2D eigenvalue weighted by molar-refractivity contribution is 9.14. The van der Waals surface area contributed by atoms with Crippen LogP contribution in [0.5, 0.6) is 0 Å². The van der Waals surface area contributed by atoms with Gasteiger partial charge in [-0.25, -0.2) is 0 Å². The third-order valence-electron chi connectivity index (χ3n) is 0.915. The molecule has 0 nitrogen and oxygen atoms in total. The molecule has 0 aliphatic heterocycles. The molecule has 0 heterocycles. The zero-order chi connectivity index (χ0) is 6.57. The van der Waals surface area contributed by atoms with E-state index < -0.39 is 0 Å². The molecule has 2 heteroatoms. The molecule has 0 rings (SSSR count). The van der Waals surface area contributed by atoms with Crippen LogP contribution in [0.4, 0.5) is 0 Å². The lowest BCUT2D eigenvalue weighted by Crippen LogP contribution is -1.71. The van der Waals surface area contributed by atoms with E-state index in [1.165, 1.54) is 8.96 Å². The predicted octanol–water partition coefficient (Wildman–Crippen LogP) is 3.81. The molecule has 0 spiro atoms. The van der Waals surface area contributed by atoms with Crippen molar-refractivity contribution in [1.29, 1.82) is 0 Å². The molecule has 0 radical (unpaired) electrons. The van der Waals surface area contributed by atoms with Gasteiger partial charge in [0.15, 0.2) is 0 Å². The maximum Gasteiger partial charge on any atom is 0.00489 e. The molecule has 0 aromatic rings. The summed E-state index contributed by atoms with van der Waals surface area (Å²) in [4.78, 5) is 0. The maximum atomic E-state index is 3.44.